The first kappa shape index (κ1) is 23.8. The molecule has 32 heavy (non-hydrogen) atoms. The van der Waals surface area contributed by atoms with Gasteiger partial charge in [0.05, 0.1) is 24.9 Å². The second kappa shape index (κ2) is 9.31. The van der Waals surface area contributed by atoms with E-state index in [0.29, 0.717) is 0 Å². The van der Waals surface area contributed by atoms with Gasteiger partial charge in [-0.25, -0.2) is 9.00 Å². The summed E-state index contributed by atoms with van der Waals surface area (Å²) in [5.74, 6) is -1.82. The average molecular weight is 470 g/mol. The number of nitrogens with zero attached hydrogens (tertiary/aromatic N) is 2. The highest BCUT2D eigenvalue weighted by molar-refractivity contribution is 7.69. The number of aromatic nitrogens is 1. The standard InChI is InChI=1S/C21H21F3N2O5S/c1-3-31-19(27)20(28,21(22,23)24)17-13-26(12-14-7-5-4-6-8-14)18-11-15(9-10-16(17)18)25-32(29)30-2/h4-11,13,28,32H,3,12H2,1-2H3. The zero-order valence-electron chi connectivity index (χ0n) is 17.2. The molecule has 2 atom stereocenters. The zero-order chi connectivity index (χ0) is 23.5. The molecule has 0 bridgehead atoms. The fraction of sp³-hybridized carbons (Fsp3) is 0.286. The van der Waals surface area contributed by atoms with Crippen LogP contribution >= 0.6 is 0 Å². The van der Waals surface area contributed by atoms with Crippen molar-refractivity contribution < 1.29 is 36.2 Å². The van der Waals surface area contributed by atoms with Crippen molar-refractivity contribution in [3.63, 3.8) is 0 Å². The highest BCUT2D eigenvalue weighted by Crippen LogP contribution is 2.44. The van der Waals surface area contributed by atoms with Crippen molar-refractivity contribution in [3.05, 3.63) is 65.9 Å². The number of rotatable bonds is 7. The second-order valence-electron chi connectivity index (χ2n) is 6.81. The van der Waals surface area contributed by atoms with Gasteiger partial charge in [0.15, 0.2) is 10.9 Å². The van der Waals surface area contributed by atoms with Gasteiger partial charge in [-0.1, -0.05) is 36.4 Å². The van der Waals surface area contributed by atoms with Gasteiger partial charge >= 0.3 is 12.1 Å². The smallest absolute Gasteiger partial charge is 0.432 e. The summed E-state index contributed by atoms with van der Waals surface area (Å²) in [6.07, 6.45) is -4.27. The first-order valence-electron chi connectivity index (χ1n) is 9.48. The number of ether oxygens (including phenoxy) is 1. The zero-order valence-corrected chi connectivity index (χ0v) is 18.1. The lowest BCUT2D eigenvalue weighted by molar-refractivity contribution is -0.267. The van der Waals surface area contributed by atoms with E-state index in [4.69, 9.17) is 0 Å². The number of esters is 1. The molecule has 2 unspecified atom stereocenters. The number of carbonyl (C=O) groups excluding carboxylic acids is 1. The summed E-state index contributed by atoms with van der Waals surface area (Å²) in [6, 6.07) is 12.9. The van der Waals surface area contributed by atoms with Crippen molar-refractivity contribution in [1.82, 2.24) is 4.57 Å². The van der Waals surface area contributed by atoms with Crippen LogP contribution in [0.1, 0.15) is 18.1 Å². The predicted octanol–water partition coefficient (Wildman–Crippen LogP) is 3.86. The molecule has 0 spiro atoms. The quantitative estimate of drug-likeness (QED) is 0.404. The minimum absolute atomic E-state index is 0.0274. The maximum Gasteiger partial charge on any atom is 0.432 e. The summed E-state index contributed by atoms with van der Waals surface area (Å²) in [5.41, 5.74) is -3.33. The Hall–Kier alpha value is -2.89. The Labute approximate surface area is 183 Å². The van der Waals surface area contributed by atoms with Crippen LogP contribution in [-0.2, 0) is 36.7 Å². The van der Waals surface area contributed by atoms with E-state index < -0.39 is 34.2 Å². The monoisotopic (exact) mass is 470 g/mol. The van der Waals surface area contributed by atoms with E-state index in [1.54, 1.807) is 30.3 Å². The Balaban J connectivity index is 2.28. The lowest BCUT2D eigenvalue weighted by atomic mass is 9.92. The van der Waals surface area contributed by atoms with Gasteiger partial charge in [-0.3, -0.25) is 4.18 Å². The number of benzene rings is 2. The summed E-state index contributed by atoms with van der Waals surface area (Å²) in [4.78, 5) is 12.3. The predicted molar refractivity (Wildman–Crippen MR) is 113 cm³/mol. The van der Waals surface area contributed by atoms with Gasteiger partial charge in [-0.15, -0.1) is 0 Å². The summed E-state index contributed by atoms with van der Waals surface area (Å²) in [7, 11) is -1.15. The highest BCUT2D eigenvalue weighted by Gasteiger charge is 2.63. The lowest BCUT2D eigenvalue weighted by Crippen LogP contribution is -2.50. The molecule has 1 N–H and O–H groups in total. The molecule has 0 aliphatic carbocycles. The molecular weight excluding hydrogens is 449 g/mol. The number of hydrogen-bond acceptors (Lipinski definition) is 6. The molecule has 1 aromatic heterocycles. The summed E-state index contributed by atoms with van der Waals surface area (Å²) in [6.45, 7) is 1.15. The van der Waals surface area contributed by atoms with E-state index in [0.717, 1.165) is 11.8 Å². The van der Waals surface area contributed by atoms with E-state index in [2.05, 4.69) is 13.3 Å². The Morgan fingerprint density at radius 1 is 1.19 bits per heavy atom. The minimum atomic E-state index is -5.34. The van der Waals surface area contributed by atoms with Gasteiger partial charge in [-0.05, 0) is 24.6 Å². The fourth-order valence-electron chi connectivity index (χ4n) is 3.29. The van der Waals surface area contributed by atoms with Crippen LogP contribution in [0.25, 0.3) is 10.9 Å². The molecule has 3 rings (SSSR count). The lowest BCUT2D eigenvalue weighted by Gasteiger charge is -2.27. The molecule has 11 heteroatoms. The van der Waals surface area contributed by atoms with Crippen LogP contribution in [-0.4, -0.2) is 39.7 Å². The molecule has 7 nitrogen and oxygen atoms in total. The number of thiol groups is 1. The summed E-state index contributed by atoms with van der Waals surface area (Å²) < 4.78 is 68.1. The van der Waals surface area contributed by atoms with Crippen LogP contribution in [0.2, 0.25) is 0 Å². The molecule has 0 saturated heterocycles. The van der Waals surface area contributed by atoms with Crippen molar-refractivity contribution in [3.8, 4) is 0 Å². The highest BCUT2D eigenvalue weighted by atomic mass is 32.2. The first-order valence-corrected chi connectivity index (χ1v) is 10.6. The third kappa shape index (κ3) is 4.50. The Kier molecular flexibility index (Phi) is 6.91. The molecule has 1 heterocycles. The van der Waals surface area contributed by atoms with E-state index in [1.807, 2.05) is 0 Å². The maximum atomic E-state index is 14.0. The molecule has 3 aromatic rings. The van der Waals surface area contributed by atoms with Crippen molar-refractivity contribution in [2.75, 3.05) is 13.7 Å². The van der Waals surface area contributed by atoms with Gasteiger partial charge in [0, 0.05) is 23.7 Å². The van der Waals surface area contributed by atoms with Crippen molar-refractivity contribution >= 4 is 33.4 Å². The molecular formula is C21H21F3N2O5S. The molecule has 0 aliphatic rings. The van der Waals surface area contributed by atoms with Gasteiger partial charge in [-0.2, -0.15) is 17.5 Å². The maximum absolute atomic E-state index is 14.0. The SMILES string of the molecule is CCOC(=O)C(O)(c1cn(Cc2ccccc2)c2cc(N=[SH](=O)OC)ccc12)C(F)(F)F. The number of fused-ring (bicyclic) bond motifs is 1. The molecule has 0 aliphatic heterocycles. The third-order valence-electron chi connectivity index (χ3n) is 4.79. The minimum Gasteiger partial charge on any atom is -0.463 e. The Bertz CT molecular complexity index is 1200. The van der Waals surface area contributed by atoms with Crippen molar-refractivity contribution in [1.29, 1.82) is 0 Å². The number of aliphatic hydroxyl groups is 1. The van der Waals surface area contributed by atoms with E-state index in [-0.39, 0.29) is 29.7 Å². The molecule has 2 aromatic carbocycles. The Morgan fingerprint density at radius 3 is 2.47 bits per heavy atom. The summed E-state index contributed by atoms with van der Waals surface area (Å²) in [5, 5.41) is 10.6. The Morgan fingerprint density at radius 2 is 1.88 bits per heavy atom. The number of carbonyl (C=O) groups is 1. The first-order chi connectivity index (χ1) is 15.1. The third-order valence-corrected chi connectivity index (χ3v) is 5.49. The molecule has 0 amide bonds. The topological polar surface area (TPSA) is 90.1 Å². The fourth-order valence-corrected chi connectivity index (χ4v) is 3.69. The van der Waals surface area contributed by atoms with Crippen LogP contribution in [0.3, 0.4) is 0 Å². The number of hydrogen-bond donors (Lipinski definition) is 2. The van der Waals surface area contributed by atoms with E-state index >= 15 is 0 Å². The van der Waals surface area contributed by atoms with Crippen molar-refractivity contribution in [2.24, 2.45) is 4.36 Å². The molecule has 0 radical (unpaired) electrons. The molecule has 0 fully saturated rings. The number of halogens is 3. The molecule has 0 saturated carbocycles. The second-order valence-corrected chi connectivity index (χ2v) is 7.85. The largest absolute Gasteiger partial charge is 0.463 e. The van der Waals surface area contributed by atoms with E-state index in [1.165, 1.54) is 36.8 Å². The van der Waals surface area contributed by atoms with Crippen molar-refractivity contribution in [2.45, 2.75) is 25.2 Å². The van der Waals surface area contributed by atoms with Crippen LogP contribution in [0.4, 0.5) is 18.9 Å². The number of alkyl halides is 3. The van der Waals surface area contributed by atoms with E-state index in [9.17, 15) is 27.3 Å². The van der Waals surface area contributed by atoms with Gasteiger partial charge in [0.25, 0.3) is 5.60 Å². The van der Waals surface area contributed by atoms with Crippen LogP contribution in [0.15, 0.2) is 59.1 Å². The average Bonchev–Trinajstić information content (AvgIpc) is 3.11. The molecule has 172 valence electrons. The van der Waals surface area contributed by atoms with Gasteiger partial charge < -0.3 is 14.4 Å². The summed E-state index contributed by atoms with van der Waals surface area (Å²) >= 11 is 0. The van der Waals surface area contributed by atoms with Crippen LogP contribution < -0.4 is 0 Å². The van der Waals surface area contributed by atoms with Crippen LogP contribution in [0, 0.1) is 0 Å². The van der Waals surface area contributed by atoms with Gasteiger partial charge in [0.1, 0.15) is 0 Å². The van der Waals surface area contributed by atoms with Gasteiger partial charge in [0.2, 0.25) is 0 Å². The normalized spacial score (nSPS) is 14.9. The van der Waals surface area contributed by atoms with Crippen LogP contribution in [0.5, 0.6) is 0 Å².